The molecule has 0 radical (unpaired) electrons. The van der Waals surface area contributed by atoms with Gasteiger partial charge in [-0.3, -0.25) is 11.3 Å². The van der Waals surface area contributed by atoms with Gasteiger partial charge in [0, 0.05) is 26.7 Å². The van der Waals surface area contributed by atoms with Crippen LogP contribution in [0.2, 0.25) is 10.0 Å². The highest BCUT2D eigenvalue weighted by Crippen LogP contribution is 2.24. The van der Waals surface area contributed by atoms with Crippen molar-refractivity contribution in [1.29, 1.82) is 0 Å². The van der Waals surface area contributed by atoms with Gasteiger partial charge in [0.1, 0.15) is 5.82 Å². The molecule has 0 aliphatic carbocycles. The zero-order valence-electron chi connectivity index (χ0n) is 11.2. The van der Waals surface area contributed by atoms with Crippen LogP contribution in [0.25, 0.3) is 0 Å². The lowest BCUT2D eigenvalue weighted by Crippen LogP contribution is -2.38. The molecule has 3 N–H and O–H groups in total. The van der Waals surface area contributed by atoms with Crippen LogP contribution >= 0.6 is 35.0 Å². The highest BCUT2D eigenvalue weighted by molar-refractivity contribution is 7.99. The number of hydrogen-bond donors (Lipinski definition) is 2. The van der Waals surface area contributed by atoms with Gasteiger partial charge in [-0.1, -0.05) is 29.3 Å². The third-order valence-corrected chi connectivity index (χ3v) is 4.74. The van der Waals surface area contributed by atoms with E-state index in [1.54, 1.807) is 30.0 Å². The first-order chi connectivity index (χ1) is 10.1. The molecule has 1 atom stereocenters. The fourth-order valence-electron chi connectivity index (χ4n) is 1.85. The normalized spacial score (nSPS) is 12.4. The summed E-state index contributed by atoms with van der Waals surface area (Å²) in [7, 11) is 0. The summed E-state index contributed by atoms with van der Waals surface area (Å²) in [6.07, 6.45) is 0.695. The number of rotatable bonds is 6. The number of nitrogens with one attached hydrogen (secondary N) is 1. The van der Waals surface area contributed by atoms with Gasteiger partial charge in [-0.05, 0) is 48.4 Å². The van der Waals surface area contributed by atoms with Crippen molar-refractivity contribution in [2.75, 3.05) is 5.75 Å². The minimum absolute atomic E-state index is 0.0544. The lowest BCUT2D eigenvalue weighted by molar-refractivity contribution is 0.575. The summed E-state index contributed by atoms with van der Waals surface area (Å²) in [5.74, 6) is 6.11. The first kappa shape index (κ1) is 16.6. The second kappa shape index (κ2) is 8.01. The second-order valence-electron chi connectivity index (χ2n) is 4.57. The Kier molecular flexibility index (Phi) is 6.33. The minimum atomic E-state index is -0.235. The zero-order chi connectivity index (χ0) is 15.2. The summed E-state index contributed by atoms with van der Waals surface area (Å²) >= 11 is 13.7. The molecule has 0 saturated heterocycles. The topological polar surface area (TPSA) is 38.0 Å². The van der Waals surface area contributed by atoms with E-state index in [-0.39, 0.29) is 11.9 Å². The van der Waals surface area contributed by atoms with Gasteiger partial charge >= 0.3 is 0 Å². The summed E-state index contributed by atoms with van der Waals surface area (Å²) in [5.41, 5.74) is 3.78. The first-order valence-electron chi connectivity index (χ1n) is 6.37. The van der Waals surface area contributed by atoms with E-state index >= 15 is 0 Å². The molecule has 112 valence electrons. The molecule has 0 aliphatic heterocycles. The van der Waals surface area contributed by atoms with E-state index in [9.17, 15) is 4.39 Å². The van der Waals surface area contributed by atoms with Gasteiger partial charge in [-0.2, -0.15) is 0 Å². The van der Waals surface area contributed by atoms with Gasteiger partial charge in [-0.25, -0.2) is 4.39 Å². The van der Waals surface area contributed by atoms with E-state index in [2.05, 4.69) is 5.43 Å². The van der Waals surface area contributed by atoms with Crippen LogP contribution in [-0.2, 0) is 6.42 Å². The Balaban J connectivity index is 1.95. The van der Waals surface area contributed by atoms with Crippen LogP contribution in [0.3, 0.4) is 0 Å². The highest BCUT2D eigenvalue weighted by atomic mass is 35.5. The van der Waals surface area contributed by atoms with Crippen LogP contribution in [0.5, 0.6) is 0 Å². The lowest BCUT2D eigenvalue weighted by Gasteiger charge is -2.16. The van der Waals surface area contributed by atoms with E-state index in [4.69, 9.17) is 29.0 Å². The molecule has 2 rings (SSSR count). The quantitative estimate of drug-likeness (QED) is 0.466. The molecule has 2 aromatic rings. The Bertz CT molecular complexity index is 593. The van der Waals surface area contributed by atoms with Crippen LogP contribution in [0.15, 0.2) is 47.4 Å². The Labute approximate surface area is 137 Å². The van der Waals surface area contributed by atoms with E-state index in [0.717, 1.165) is 16.2 Å². The van der Waals surface area contributed by atoms with Crippen molar-refractivity contribution in [3.63, 3.8) is 0 Å². The second-order valence-corrected chi connectivity index (χ2v) is 6.51. The van der Waals surface area contributed by atoms with Crippen LogP contribution in [0, 0.1) is 5.82 Å². The third-order valence-electron chi connectivity index (χ3n) is 2.98. The molecule has 0 amide bonds. The molecule has 0 aromatic heterocycles. The van der Waals surface area contributed by atoms with E-state index in [1.165, 1.54) is 12.1 Å². The largest absolute Gasteiger partial charge is 0.271 e. The van der Waals surface area contributed by atoms with Gasteiger partial charge in [0.15, 0.2) is 0 Å². The molecule has 6 heteroatoms. The summed E-state index contributed by atoms with van der Waals surface area (Å²) in [6, 6.07) is 11.9. The van der Waals surface area contributed by atoms with Crippen LogP contribution in [0.1, 0.15) is 5.56 Å². The van der Waals surface area contributed by atoms with E-state index in [1.807, 2.05) is 12.1 Å². The number of benzene rings is 2. The summed E-state index contributed by atoms with van der Waals surface area (Å²) in [4.78, 5) is 0.999. The maximum atomic E-state index is 12.8. The van der Waals surface area contributed by atoms with Crippen LogP contribution < -0.4 is 11.3 Å². The molecule has 2 aromatic carbocycles. The number of hydrogen-bond acceptors (Lipinski definition) is 3. The Morgan fingerprint density at radius 2 is 1.86 bits per heavy atom. The fraction of sp³-hybridized carbons (Fsp3) is 0.200. The molecule has 0 bridgehead atoms. The number of thioether (sulfide) groups is 1. The SMILES string of the molecule is NNC(CSc1ccc(F)cc1)Cc1ccc(Cl)cc1Cl. The van der Waals surface area contributed by atoms with E-state index < -0.39 is 0 Å². The van der Waals surface area contributed by atoms with Gasteiger partial charge in [-0.15, -0.1) is 11.8 Å². The standard InChI is InChI=1S/C15H15Cl2FN2S/c16-11-2-1-10(15(17)8-11)7-13(20-19)9-21-14-5-3-12(18)4-6-14/h1-6,8,13,20H,7,9,19H2. The zero-order valence-corrected chi connectivity index (χ0v) is 13.5. The summed E-state index contributed by atoms with van der Waals surface area (Å²) in [5, 5.41) is 1.25. The predicted molar refractivity (Wildman–Crippen MR) is 88.4 cm³/mol. The molecule has 0 aliphatic rings. The smallest absolute Gasteiger partial charge is 0.123 e. The van der Waals surface area contributed by atoms with Crippen molar-refractivity contribution in [3.05, 3.63) is 63.9 Å². The number of hydrazine groups is 1. The molecular formula is C15H15Cl2FN2S. The van der Waals surface area contributed by atoms with Crippen molar-refractivity contribution in [2.24, 2.45) is 5.84 Å². The van der Waals surface area contributed by atoms with Crippen molar-refractivity contribution >= 4 is 35.0 Å². The Hall–Kier alpha value is -0.780. The van der Waals surface area contributed by atoms with Crippen molar-refractivity contribution in [2.45, 2.75) is 17.4 Å². The molecule has 0 spiro atoms. The van der Waals surface area contributed by atoms with Gasteiger partial charge in [0.25, 0.3) is 0 Å². The van der Waals surface area contributed by atoms with Gasteiger partial charge in [0.05, 0.1) is 0 Å². The first-order valence-corrected chi connectivity index (χ1v) is 8.11. The van der Waals surface area contributed by atoms with Gasteiger partial charge in [0.2, 0.25) is 0 Å². The average molecular weight is 345 g/mol. The van der Waals surface area contributed by atoms with Crippen molar-refractivity contribution in [3.8, 4) is 0 Å². The monoisotopic (exact) mass is 344 g/mol. The van der Waals surface area contributed by atoms with Gasteiger partial charge < -0.3 is 0 Å². The van der Waals surface area contributed by atoms with E-state index in [0.29, 0.717) is 16.5 Å². The molecule has 2 nitrogen and oxygen atoms in total. The molecule has 0 fully saturated rings. The molecule has 0 saturated carbocycles. The third kappa shape index (κ3) is 5.16. The molecule has 1 unspecified atom stereocenters. The molecular weight excluding hydrogens is 330 g/mol. The minimum Gasteiger partial charge on any atom is -0.271 e. The fourth-order valence-corrected chi connectivity index (χ4v) is 3.27. The average Bonchev–Trinajstić information content (AvgIpc) is 2.47. The maximum absolute atomic E-state index is 12.8. The Morgan fingerprint density at radius 1 is 1.14 bits per heavy atom. The van der Waals surface area contributed by atoms with Crippen molar-refractivity contribution in [1.82, 2.24) is 5.43 Å². The number of halogens is 3. The highest BCUT2D eigenvalue weighted by Gasteiger charge is 2.11. The molecule has 0 heterocycles. The lowest BCUT2D eigenvalue weighted by atomic mass is 10.1. The van der Waals surface area contributed by atoms with Crippen LogP contribution in [0.4, 0.5) is 4.39 Å². The van der Waals surface area contributed by atoms with Crippen molar-refractivity contribution < 1.29 is 4.39 Å². The number of nitrogens with two attached hydrogens (primary N) is 1. The Morgan fingerprint density at radius 3 is 2.48 bits per heavy atom. The maximum Gasteiger partial charge on any atom is 0.123 e. The summed E-state index contributed by atoms with van der Waals surface area (Å²) < 4.78 is 12.8. The van der Waals surface area contributed by atoms with Crippen LogP contribution in [-0.4, -0.2) is 11.8 Å². The molecule has 21 heavy (non-hydrogen) atoms. The predicted octanol–water partition coefficient (Wildman–Crippen LogP) is 4.30. The summed E-state index contributed by atoms with van der Waals surface area (Å²) in [6.45, 7) is 0.